The lowest BCUT2D eigenvalue weighted by molar-refractivity contribution is 0.182. The minimum Gasteiger partial charge on any atom is -0.303 e. The van der Waals surface area contributed by atoms with Crippen molar-refractivity contribution < 1.29 is 8.42 Å². The van der Waals surface area contributed by atoms with Crippen molar-refractivity contribution in [3.05, 3.63) is 34.6 Å². The van der Waals surface area contributed by atoms with E-state index in [-0.39, 0.29) is 9.77 Å². The average molecular weight is 397 g/mol. The summed E-state index contributed by atoms with van der Waals surface area (Å²) in [5.74, 6) is 0.728. The molecule has 0 aromatic carbocycles. The number of nitrogens with zero attached hydrogens (tertiary/aromatic N) is 2. The second-order valence-electron chi connectivity index (χ2n) is 6.72. The van der Waals surface area contributed by atoms with Crippen LogP contribution in [0.2, 0.25) is 0 Å². The van der Waals surface area contributed by atoms with Crippen LogP contribution in [0, 0.1) is 5.92 Å². The topological polar surface area (TPSA) is 95.2 Å². The number of sulfonamides is 1. The zero-order valence-corrected chi connectivity index (χ0v) is 16.4. The summed E-state index contributed by atoms with van der Waals surface area (Å²) < 4.78 is 27.8. The maximum Gasteiger partial charge on any atom is 0.264 e. The van der Waals surface area contributed by atoms with Crippen LogP contribution in [0.3, 0.4) is 0 Å². The van der Waals surface area contributed by atoms with Crippen LogP contribution in [0.25, 0.3) is 10.6 Å². The molecule has 9 heteroatoms. The van der Waals surface area contributed by atoms with Gasteiger partial charge in [0.25, 0.3) is 5.56 Å². The van der Waals surface area contributed by atoms with Crippen LogP contribution in [0.15, 0.2) is 33.3 Å². The second kappa shape index (κ2) is 8.43. The second-order valence-corrected chi connectivity index (χ2v) is 9.80. The van der Waals surface area contributed by atoms with E-state index in [2.05, 4.69) is 26.7 Å². The Morgan fingerprint density at radius 1 is 1.35 bits per heavy atom. The summed E-state index contributed by atoms with van der Waals surface area (Å²) >= 11 is 1.14. The molecule has 0 saturated carbocycles. The molecule has 0 bridgehead atoms. The number of hydrogen-bond acceptors (Lipinski definition) is 6. The molecule has 1 unspecified atom stereocenters. The molecule has 0 spiro atoms. The van der Waals surface area contributed by atoms with Crippen LogP contribution in [0.1, 0.15) is 26.2 Å². The highest BCUT2D eigenvalue weighted by Gasteiger charge is 2.19. The molecule has 1 aliphatic heterocycles. The Balaban J connectivity index is 1.53. The van der Waals surface area contributed by atoms with Crippen molar-refractivity contribution in [1.82, 2.24) is 19.8 Å². The first-order valence-electron chi connectivity index (χ1n) is 8.82. The number of nitrogens with one attached hydrogen (secondary N) is 2. The third kappa shape index (κ3) is 5.00. The molecule has 0 amide bonds. The molecule has 7 nitrogen and oxygen atoms in total. The van der Waals surface area contributed by atoms with E-state index in [0.717, 1.165) is 43.3 Å². The van der Waals surface area contributed by atoms with E-state index in [9.17, 15) is 13.2 Å². The Labute approximate surface area is 157 Å². The lowest BCUT2D eigenvalue weighted by Crippen LogP contribution is -2.36. The molecule has 1 atom stereocenters. The van der Waals surface area contributed by atoms with Crippen molar-refractivity contribution in [3.63, 3.8) is 0 Å². The van der Waals surface area contributed by atoms with Gasteiger partial charge in [0.1, 0.15) is 9.90 Å². The normalized spacial score (nSPS) is 18.9. The van der Waals surface area contributed by atoms with Gasteiger partial charge in [-0.1, -0.05) is 6.92 Å². The molecule has 2 aromatic heterocycles. The highest BCUT2D eigenvalue weighted by Crippen LogP contribution is 2.28. The van der Waals surface area contributed by atoms with Crippen molar-refractivity contribution in [3.8, 4) is 10.6 Å². The number of piperidine rings is 1. The summed E-state index contributed by atoms with van der Waals surface area (Å²) in [7, 11) is -3.52. The fourth-order valence-corrected chi connectivity index (χ4v) is 5.55. The fourth-order valence-electron chi connectivity index (χ4n) is 3.15. The van der Waals surface area contributed by atoms with E-state index >= 15 is 0 Å². The molecule has 2 N–H and O–H groups in total. The minimum atomic E-state index is -3.52. The number of likely N-dealkylation sites (tertiary alicyclic amines) is 1. The molecule has 0 aliphatic carbocycles. The Hall–Kier alpha value is -1.55. The number of hydrogen-bond donors (Lipinski definition) is 2. The number of H-pyrrole nitrogens is 1. The first-order valence-corrected chi connectivity index (χ1v) is 11.1. The summed E-state index contributed by atoms with van der Waals surface area (Å²) in [6, 6.07) is 6.22. The van der Waals surface area contributed by atoms with Crippen molar-refractivity contribution in [2.45, 2.75) is 30.4 Å². The SMILES string of the molecule is CC1CCCN(CCCNS(=O)(=O)c2ccc(-c3ccc(=O)[nH]n3)s2)C1. The molecule has 1 fully saturated rings. The van der Waals surface area contributed by atoms with Crippen LogP contribution < -0.4 is 10.3 Å². The monoisotopic (exact) mass is 396 g/mol. The van der Waals surface area contributed by atoms with Gasteiger partial charge in [-0.15, -0.1) is 11.3 Å². The summed E-state index contributed by atoms with van der Waals surface area (Å²) in [4.78, 5) is 14.2. The van der Waals surface area contributed by atoms with Gasteiger partial charge in [0.05, 0.1) is 4.88 Å². The van der Waals surface area contributed by atoms with Gasteiger partial charge in [0, 0.05) is 19.2 Å². The summed E-state index contributed by atoms with van der Waals surface area (Å²) in [6.45, 7) is 5.83. The molecular weight excluding hydrogens is 372 g/mol. The fraction of sp³-hybridized carbons (Fsp3) is 0.529. The molecule has 1 aliphatic rings. The van der Waals surface area contributed by atoms with Crippen molar-refractivity contribution >= 4 is 21.4 Å². The Bertz CT molecular complexity index is 871. The lowest BCUT2D eigenvalue weighted by Gasteiger charge is -2.30. The van der Waals surface area contributed by atoms with Gasteiger partial charge in [0.15, 0.2) is 0 Å². The van der Waals surface area contributed by atoms with Crippen LogP contribution >= 0.6 is 11.3 Å². The van der Waals surface area contributed by atoms with Crippen LogP contribution in [-0.2, 0) is 10.0 Å². The maximum atomic E-state index is 12.4. The standard InChI is InChI=1S/C17H24N4O3S2/c1-13-4-2-10-21(12-13)11-3-9-18-26(23,24)17-8-6-15(25-17)14-5-7-16(22)20-19-14/h5-8,13,18H,2-4,9-12H2,1H3,(H,20,22). The van der Waals surface area contributed by atoms with Crippen molar-refractivity contribution in [1.29, 1.82) is 0 Å². The van der Waals surface area contributed by atoms with Gasteiger partial charge in [0.2, 0.25) is 10.0 Å². The predicted octanol–water partition coefficient (Wildman–Crippen LogP) is 1.90. The molecule has 142 valence electrons. The third-order valence-electron chi connectivity index (χ3n) is 4.46. The van der Waals surface area contributed by atoms with Gasteiger partial charge < -0.3 is 4.90 Å². The highest BCUT2D eigenvalue weighted by atomic mass is 32.2. The van der Waals surface area contributed by atoms with E-state index in [1.807, 2.05) is 0 Å². The Morgan fingerprint density at radius 3 is 2.92 bits per heavy atom. The molecule has 2 aromatic rings. The summed E-state index contributed by atoms with van der Waals surface area (Å²) in [5.41, 5.74) is 0.262. The molecular formula is C17H24N4O3S2. The van der Waals surface area contributed by atoms with E-state index in [0.29, 0.717) is 17.1 Å². The van der Waals surface area contributed by atoms with Crippen molar-refractivity contribution in [2.75, 3.05) is 26.2 Å². The highest BCUT2D eigenvalue weighted by molar-refractivity contribution is 7.91. The van der Waals surface area contributed by atoms with E-state index in [4.69, 9.17) is 0 Å². The van der Waals surface area contributed by atoms with Gasteiger partial charge in [-0.05, 0) is 56.5 Å². The van der Waals surface area contributed by atoms with Crippen LogP contribution in [-0.4, -0.2) is 49.7 Å². The minimum absolute atomic E-state index is 0.257. The molecule has 1 saturated heterocycles. The molecule has 26 heavy (non-hydrogen) atoms. The zero-order chi connectivity index (χ0) is 18.6. The molecule has 3 heterocycles. The van der Waals surface area contributed by atoms with Crippen molar-refractivity contribution in [2.24, 2.45) is 5.92 Å². The average Bonchev–Trinajstić information content (AvgIpc) is 3.11. The van der Waals surface area contributed by atoms with Crippen LogP contribution in [0.5, 0.6) is 0 Å². The van der Waals surface area contributed by atoms with E-state index < -0.39 is 10.0 Å². The number of rotatable bonds is 7. The van der Waals surface area contributed by atoms with E-state index in [1.165, 1.54) is 18.9 Å². The third-order valence-corrected chi connectivity index (χ3v) is 7.52. The first kappa shape index (κ1) is 19.2. The quantitative estimate of drug-likeness (QED) is 0.697. The van der Waals surface area contributed by atoms with Gasteiger partial charge in [-0.25, -0.2) is 18.2 Å². The first-order chi connectivity index (χ1) is 12.4. The predicted molar refractivity (Wildman–Crippen MR) is 103 cm³/mol. The summed E-state index contributed by atoms with van der Waals surface area (Å²) in [5, 5.41) is 6.28. The number of aromatic amines is 1. The number of thiophene rings is 1. The summed E-state index contributed by atoms with van der Waals surface area (Å²) in [6.07, 6.45) is 3.31. The molecule has 0 radical (unpaired) electrons. The largest absolute Gasteiger partial charge is 0.303 e. The zero-order valence-electron chi connectivity index (χ0n) is 14.8. The van der Waals surface area contributed by atoms with Gasteiger partial charge >= 0.3 is 0 Å². The molecule has 3 rings (SSSR count). The Kier molecular flexibility index (Phi) is 6.23. The smallest absolute Gasteiger partial charge is 0.264 e. The Morgan fingerprint density at radius 2 is 2.19 bits per heavy atom. The lowest BCUT2D eigenvalue weighted by atomic mass is 10.0. The maximum absolute atomic E-state index is 12.4. The van der Waals surface area contributed by atoms with Gasteiger partial charge in [-0.2, -0.15) is 5.10 Å². The van der Waals surface area contributed by atoms with Gasteiger partial charge in [-0.3, -0.25) is 4.79 Å². The number of aromatic nitrogens is 2. The van der Waals surface area contributed by atoms with Crippen LogP contribution in [0.4, 0.5) is 0 Å². The van der Waals surface area contributed by atoms with E-state index in [1.54, 1.807) is 18.2 Å².